The van der Waals surface area contributed by atoms with E-state index in [4.69, 9.17) is 28.4 Å². The molecular formula is C44H46N2O9. The molecule has 2 N–H and O–H groups in total. The molecule has 0 radical (unpaired) electrons. The molecule has 286 valence electrons. The molecule has 6 rings (SSSR count). The summed E-state index contributed by atoms with van der Waals surface area (Å²) in [5, 5.41) is 3.40. The molecule has 1 saturated heterocycles. The number of esters is 2. The van der Waals surface area contributed by atoms with Crippen LogP contribution in [0, 0.1) is 0 Å². The monoisotopic (exact) mass is 746 g/mol. The van der Waals surface area contributed by atoms with E-state index in [1.54, 1.807) is 13.0 Å². The van der Waals surface area contributed by atoms with Crippen LogP contribution >= 0.6 is 0 Å². The number of ether oxygens (including phenoxy) is 6. The van der Waals surface area contributed by atoms with Gasteiger partial charge in [0, 0.05) is 30.3 Å². The highest BCUT2D eigenvalue weighted by Crippen LogP contribution is 2.41. The highest BCUT2D eigenvalue weighted by atomic mass is 16.6. The van der Waals surface area contributed by atoms with Crippen LogP contribution in [0.15, 0.2) is 121 Å². The number of H-pyrrole nitrogens is 1. The fourth-order valence-electron chi connectivity index (χ4n) is 6.61. The van der Waals surface area contributed by atoms with E-state index < -0.39 is 48.4 Å². The lowest BCUT2D eigenvalue weighted by Gasteiger charge is -2.46. The lowest BCUT2D eigenvalue weighted by atomic mass is 9.90. The van der Waals surface area contributed by atoms with Crippen molar-refractivity contribution in [3.05, 3.63) is 149 Å². The summed E-state index contributed by atoms with van der Waals surface area (Å²) in [4.78, 5) is 41.3. The second kappa shape index (κ2) is 19.1. The second-order valence-electron chi connectivity index (χ2n) is 13.1. The van der Waals surface area contributed by atoms with Crippen LogP contribution in [0.3, 0.4) is 0 Å². The van der Waals surface area contributed by atoms with Gasteiger partial charge in [0.2, 0.25) is 5.91 Å². The number of rotatable bonds is 16. The number of amides is 1. The molecule has 1 aliphatic rings. The van der Waals surface area contributed by atoms with Crippen molar-refractivity contribution in [2.45, 2.75) is 71.1 Å². The molecule has 1 aliphatic heterocycles. The van der Waals surface area contributed by atoms with Crippen molar-refractivity contribution in [3.63, 3.8) is 0 Å². The van der Waals surface area contributed by atoms with E-state index in [1.807, 2.05) is 115 Å². The predicted molar refractivity (Wildman–Crippen MR) is 206 cm³/mol. The highest BCUT2D eigenvalue weighted by Gasteiger charge is 2.50. The quantitative estimate of drug-likeness (QED) is 0.0812. The molecule has 0 bridgehead atoms. The lowest BCUT2D eigenvalue weighted by Crippen LogP contribution is -2.58. The van der Waals surface area contributed by atoms with Crippen molar-refractivity contribution < 1.29 is 42.8 Å². The van der Waals surface area contributed by atoms with E-state index in [0.29, 0.717) is 11.3 Å². The first-order chi connectivity index (χ1) is 26.8. The summed E-state index contributed by atoms with van der Waals surface area (Å²) in [5.74, 6) is -1.61. The summed E-state index contributed by atoms with van der Waals surface area (Å²) in [6, 6.07) is 36.9. The van der Waals surface area contributed by atoms with Crippen LogP contribution in [-0.2, 0) is 62.6 Å². The zero-order valence-electron chi connectivity index (χ0n) is 31.1. The number of fused-ring (bicyclic) bond motifs is 1. The molecule has 0 spiro atoms. The van der Waals surface area contributed by atoms with Crippen molar-refractivity contribution in [3.8, 4) is 0 Å². The number of aromatic amines is 1. The van der Waals surface area contributed by atoms with Gasteiger partial charge in [0.25, 0.3) is 0 Å². The third-order valence-corrected chi connectivity index (χ3v) is 9.10. The van der Waals surface area contributed by atoms with Crippen molar-refractivity contribution in [2.75, 3.05) is 13.2 Å². The summed E-state index contributed by atoms with van der Waals surface area (Å²) in [7, 11) is 0. The first kappa shape index (κ1) is 39.1. The zero-order chi connectivity index (χ0) is 38.6. The van der Waals surface area contributed by atoms with Crippen LogP contribution in [-0.4, -0.2) is 60.5 Å². The van der Waals surface area contributed by atoms with Gasteiger partial charge in [-0.25, -0.2) is 4.79 Å². The Bertz CT molecular complexity index is 2050. The fraction of sp³-hybridized carbons (Fsp3) is 0.295. The maximum absolute atomic E-state index is 13.2. The van der Waals surface area contributed by atoms with E-state index >= 15 is 0 Å². The SMILES string of the molecule is CCOC(=O)/C(=C/c1c([C@H]2O[C@H](COC(C)=O)[C@@H](OCc3ccccc3)[C@H](OCc3ccccc3)[C@@H]2OCc2ccccc2)[nH]c2ccccc12)NC(C)=O. The van der Waals surface area contributed by atoms with Crippen molar-refractivity contribution >= 4 is 34.8 Å². The van der Waals surface area contributed by atoms with Crippen LogP contribution < -0.4 is 5.32 Å². The van der Waals surface area contributed by atoms with Gasteiger partial charge < -0.3 is 38.7 Å². The van der Waals surface area contributed by atoms with Crippen molar-refractivity contribution in [2.24, 2.45) is 0 Å². The van der Waals surface area contributed by atoms with Crippen LogP contribution in [0.25, 0.3) is 17.0 Å². The maximum atomic E-state index is 13.2. The van der Waals surface area contributed by atoms with Gasteiger partial charge in [-0.05, 0) is 35.8 Å². The van der Waals surface area contributed by atoms with Gasteiger partial charge in [0.1, 0.15) is 42.8 Å². The number of benzene rings is 4. The van der Waals surface area contributed by atoms with Gasteiger partial charge >= 0.3 is 11.9 Å². The number of hydrogen-bond donors (Lipinski definition) is 2. The molecule has 5 aromatic rings. The second-order valence-corrected chi connectivity index (χ2v) is 13.1. The molecule has 1 aromatic heterocycles. The standard InChI is InChI=1S/C44H46N2O9/c1-4-50-44(49)37(45-29(2)47)24-35-34-22-14-15-23-36(34)46-39(35)41-43(54-27-33-20-12-7-13-21-33)42(53-26-32-18-10-6-11-19-32)40(38(55-41)28-51-30(3)48)52-25-31-16-8-5-9-17-31/h5-24,38,40-43,46H,4,25-28H2,1-3H3,(H,45,47)/b37-24-/t38-,40-,41-,42+,43-/m1/s1. The molecule has 0 aliphatic carbocycles. The Kier molecular flexibility index (Phi) is 13.6. The molecule has 5 atom stereocenters. The van der Waals surface area contributed by atoms with Gasteiger partial charge in [0.15, 0.2) is 0 Å². The number of carbonyl (C=O) groups is 3. The van der Waals surface area contributed by atoms with Crippen molar-refractivity contribution in [1.82, 2.24) is 10.3 Å². The smallest absolute Gasteiger partial charge is 0.354 e. The molecule has 2 heterocycles. The average molecular weight is 747 g/mol. The van der Waals surface area contributed by atoms with Crippen LogP contribution in [0.2, 0.25) is 0 Å². The van der Waals surface area contributed by atoms with E-state index in [0.717, 1.165) is 27.6 Å². The number of carbonyl (C=O) groups excluding carboxylic acids is 3. The predicted octanol–water partition coefficient (Wildman–Crippen LogP) is 6.97. The highest BCUT2D eigenvalue weighted by molar-refractivity contribution is 6.01. The van der Waals surface area contributed by atoms with Crippen LogP contribution in [0.1, 0.15) is 54.8 Å². The largest absolute Gasteiger partial charge is 0.463 e. The Morgan fingerprint density at radius 2 is 1.22 bits per heavy atom. The topological polar surface area (TPSA) is 134 Å². The van der Waals surface area contributed by atoms with Gasteiger partial charge in [-0.2, -0.15) is 0 Å². The number of hydrogen-bond acceptors (Lipinski definition) is 9. The first-order valence-electron chi connectivity index (χ1n) is 18.3. The molecule has 4 aromatic carbocycles. The molecule has 11 nitrogen and oxygen atoms in total. The Morgan fingerprint density at radius 3 is 1.76 bits per heavy atom. The molecule has 55 heavy (non-hydrogen) atoms. The zero-order valence-corrected chi connectivity index (χ0v) is 31.1. The third kappa shape index (κ3) is 10.3. The lowest BCUT2D eigenvalue weighted by molar-refractivity contribution is -0.274. The third-order valence-electron chi connectivity index (χ3n) is 9.10. The Balaban J connectivity index is 1.51. The molecule has 1 fully saturated rings. The maximum Gasteiger partial charge on any atom is 0.354 e. The van der Waals surface area contributed by atoms with Gasteiger partial charge in [0.05, 0.1) is 32.1 Å². The Morgan fingerprint density at radius 1 is 0.691 bits per heavy atom. The van der Waals surface area contributed by atoms with E-state index in [-0.39, 0.29) is 38.7 Å². The van der Waals surface area contributed by atoms with E-state index in [1.165, 1.54) is 13.8 Å². The summed E-state index contributed by atoms with van der Waals surface area (Å²) in [6.45, 7) is 5.01. The normalized spacial score (nSPS) is 19.8. The Labute approximate surface area is 320 Å². The minimum atomic E-state index is -0.888. The molecule has 11 heteroatoms. The summed E-state index contributed by atoms with van der Waals surface area (Å²) >= 11 is 0. The molecule has 0 unspecified atom stereocenters. The molecule has 0 saturated carbocycles. The van der Waals surface area contributed by atoms with Crippen LogP contribution in [0.4, 0.5) is 0 Å². The van der Waals surface area contributed by atoms with Crippen LogP contribution in [0.5, 0.6) is 0 Å². The minimum Gasteiger partial charge on any atom is -0.463 e. The van der Waals surface area contributed by atoms with Crippen molar-refractivity contribution in [1.29, 1.82) is 0 Å². The molecular weight excluding hydrogens is 700 g/mol. The summed E-state index contributed by atoms with van der Waals surface area (Å²) in [5.41, 5.74) is 4.63. The Hall–Kier alpha value is -5.59. The molecule has 1 amide bonds. The first-order valence-corrected chi connectivity index (χ1v) is 18.3. The van der Waals surface area contributed by atoms with Gasteiger partial charge in [-0.1, -0.05) is 109 Å². The van der Waals surface area contributed by atoms with E-state index in [9.17, 15) is 14.4 Å². The average Bonchev–Trinajstić information content (AvgIpc) is 3.56. The number of para-hydroxylation sites is 1. The number of aromatic nitrogens is 1. The summed E-state index contributed by atoms with van der Waals surface area (Å²) in [6.07, 6.45) is -2.47. The van der Waals surface area contributed by atoms with Gasteiger partial charge in [-0.15, -0.1) is 0 Å². The summed E-state index contributed by atoms with van der Waals surface area (Å²) < 4.78 is 38.3. The van der Waals surface area contributed by atoms with Gasteiger partial charge in [-0.3, -0.25) is 9.59 Å². The fourth-order valence-corrected chi connectivity index (χ4v) is 6.61. The van der Waals surface area contributed by atoms with E-state index in [2.05, 4.69) is 10.3 Å². The minimum absolute atomic E-state index is 0.0460. The number of nitrogens with one attached hydrogen (secondary N) is 2.